The summed E-state index contributed by atoms with van der Waals surface area (Å²) in [6.07, 6.45) is 4.39. The van der Waals surface area contributed by atoms with Crippen LogP contribution < -0.4 is 15.1 Å². The number of allylic oxidation sites excluding steroid dienone is 1. The van der Waals surface area contributed by atoms with Crippen molar-refractivity contribution in [2.24, 2.45) is 0 Å². The second kappa shape index (κ2) is 9.32. The number of aryl methyl sites for hydroxylation is 1. The van der Waals surface area contributed by atoms with Gasteiger partial charge >= 0.3 is 0 Å². The number of nitrogens with zero attached hydrogens (tertiary/aromatic N) is 2. The van der Waals surface area contributed by atoms with Gasteiger partial charge in [0.2, 0.25) is 0 Å². The molecule has 182 valence electrons. The summed E-state index contributed by atoms with van der Waals surface area (Å²) < 4.78 is 16.3. The molecule has 0 radical (unpaired) electrons. The van der Waals surface area contributed by atoms with E-state index >= 15 is 4.39 Å². The van der Waals surface area contributed by atoms with Crippen molar-refractivity contribution >= 4 is 68.1 Å². The van der Waals surface area contributed by atoms with E-state index < -0.39 is 17.6 Å². The summed E-state index contributed by atoms with van der Waals surface area (Å²) in [5.41, 5.74) is 3.80. The zero-order chi connectivity index (χ0) is 25.7. The first-order valence-electron chi connectivity index (χ1n) is 11.4. The maximum Gasteiger partial charge on any atom is 0.270 e. The Morgan fingerprint density at radius 3 is 2.51 bits per heavy atom. The number of carbonyl (C=O) groups excluding carboxylic acids is 2. The van der Waals surface area contributed by atoms with Crippen molar-refractivity contribution < 1.29 is 14.0 Å². The van der Waals surface area contributed by atoms with Gasteiger partial charge < -0.3 is 4.90 Å². The van der Waals surface area contributed by atoms with Crippen LogP contribution in [0.1, 0.15) is 50.8 Å². The fourth-order valence-corrected chi connectivity index (χ4v) is 5.51. The van der Waals surface area contributed by atoms with Gasteiger partial charge in [-0.25, -0.2) is 4.39 Å². The molecule has 4 rings (SSSR count). The number of thiocarbonyl (C=S) groups is 1. The maximum absolute atomic E-state index is 15.4. The van der Waals surface area contributed by atoms with Crippen LogP contribution in [0.5, 0.6) is 0 Å². The standard InChI is InChI=1S/C27H27BrFN3O2S/c1-6-9-31-23-13-21(29)17(11-19(23)16(3)14-27(31,4)5)12-20-24(33)30-26(35)32(25(20)34)22-8-7-18(28)10-15(22)2/h7-8,10-14H,6,9H2,1-5H3,(H,30,33,35)/b20-12-. The summed E-state index contributed by atoms with van der Waals surface area (Å²) in [5.74, 6) is -1.74. The minimum absolute atomic E-state index is 0.00954. The molecule has 1 N–H and O–H groups in total. The fourth-order valence-electron chi connectivity index (χ4n) is 4.76. The molecule has 2 aliphatic rings. The van der Waals surface area contributed by atoms with Crippen LogP contribution >= 0.6 is 28.1 Å². The fraction of sp³-hybridized carbons (Fsp3) is 0.296. The lowest BCUT2D eigenvalue weighted by atomic mass is 9.87. The summed E-state index contributed by atoms with van der Waals surface area (Å²) in [4.78, 5) is 29.6. The topological polar surface area (TPSA) is 52.7 Å². The van der Waals surface area contributed by atoms with E-state index in [2.05, 4.69) is 53.0 Å². The van der Waals surface area contributed by atoms with Crippen molar-refractivity contribution in [1.29, 1.82) is 0 Å². The van der Waals surface area contributed by atoms with Gasteiger partial charge in [-0.3, -0.25) is 19.8 Å². The second-order valence-electron chi connectivity index (χ2n) is 9.41. The van der Waals surface area contributed by atoms with E-state index in [0.29, 0.717) is 5.69 Å². The maximum atomic E-state index is 15.4. The van der Waals surface area contributed by atoms with Gasteiger partial charge in [-0.15, -0.1) is 0 Å². The third-order valence-electron chi connectivity index (χ3n) is 6.34. The molecule has 0 unspecified atom stereocenters. The first-order chi connectivity index (χ1) is 16.4. The number of amides is 2. The Bertz CT molecular complexity index is 1330. The largest absolute Gasteiger partial charge is 0.362 e. The zero-order valence-corrected chi connectivity index (χ0v) is 22.7. The number of halogens is 2. The molecule has 0 saturated carbocycles. The Kier molecular flexibility index (Phi) is 6.72. The van der Waals surface area contributed by atoms with Gasteiger partial charge in [0.15, 0.2) is 5.11 Å². The quantitative estimate of drug-likeness (QED) is 0.279. The summed E-state index contributed by atoms with van der Waals surface area (Å²) >= 11 is 8.71. The van der Waals surface area contributed by atoms with Crippen molar-refractivity contribution in [2.75, 3.05) is 16.3 Å². The normalized spacial score (nSPS) is 18.5. The number of nitrogens with one attached hydrogen (secondary N) is 1. The molecule has 0 aromatic heterocycles. The Labute approximate surface area is 218 Å². The molecule has 2 heterocycles. The molecule has 1 saturated heterocycles. The number of carbonyl (C=O) groups is 2. The molecule has 8 heteroatoms. The lowest BCUT2D eigenvalue weighted by Crippen LogP contribution is -2.54. The highest BCUT2D eigenvalue weighted by molar-refractivity contribution is 9.10. The molecule has 0 atom stereocenters. The number of fused-ring (bicyclic) bond motifs is 1. The SMILES string of the molecule is CCCN1c2cc(F)c(/C=C3/C(=O)NC(=S)N(c4ccc(Br)cc4C)C3=O)cc2C(C)=CC1(C)C. The Hall–Kier alpha value is -2.84. The third-order valence-corrected chi connectivity index (χ3v) is 7.12. The van der Waals surface area contributed by atoms with Crippen molar-refractivity contribution in [3.8, 4) is 0 Å². The minimum atomic E-state index is -0.649. The predicted molar refractivity (Wildman–Crippen MR) is 147 cm³/mol. The molecule has 35 heavy (non-hydrogen) atoms. The lowest BCUT2D eigenvalue weighted by molar-refractivity contribution is -0.122. The van der Waals surface area contributed by atoms with Crippen LogP contribution in [0.2, 0.25) is 0 Å². The van der Waals surface area contributed by atoms with Gasteiger partial charge in [0.1, 0.15) is 11.4 Å². The highest BCUT2D eigenvalue weighted by Crippen LogP contribution is 2.40. The summed E-state index contributed by atoms with van der Waals surface area (Å²) in [6.45, 7) is 10.9. The monoisotopic (exact) mass is 555 g/mol. The van der Waals surface area contributed by atoms with Crippen molar-refractivity contribution in [2.45, 2.75) is 46.6 Å². The van der Waals surface area contributed by atoms with Gasteiger partial charge in [-0.1, -0.05) is 28.9 Å². The Morgan fingerprint density at radius 2 is 1.86 bits per heavy atom. The van der Waals surface area contributed by atoms with Crippen molar-refractivity contribution in [3.05, 3.63) is 69.0 Å². The molecule has 2 aromatic rings. The minimum Gasteiger partial charge on any atom is -0.362 e. The van der Waals surface area contributed by atoms with Crippen LogP contribution in [0.25, 0.3) is 11.6 Å². The smallest absolute Gasteiger partial charge is 0.270 e. The summed E-state index contributed by atoms with van der Waals surface area (Å²) in [5, 5.41) is 2.56. The first-order valence-corrected chi connectivity index (χ1v) is 12.6. The highest BCUT2D eigenvalue weighted by atomic mass is 79.9. The molecule has 2 amide bonds. The van der Waals surface area contributed by atoms with Gasteiger partial charge in [-0.05, 0) is 93.9 Å². The molecule has 5 nitrogen and oxygen atoms in total. The number of benzene rings is 2. The van der Waals surface area contributed by atoms with Crippen molar-refractivity contribution in [1.82, 2.24) is 5.32 Å². The molecule has 0 spiro atoms. The zero-order valence-electron chi connectivity index (χ0n) is 20.3. The van der Waals surface area contributed by atoms with Crippen LogP contribution in [0.15, 0.2) is 46.5 Å². The Morgan fingerprint density at radius 1 is 1.14 bits per heavy atom. The lowest BCUT2D eigenvalue weighted by Gasteiger charge is -2.43. The van der Waals surface area contributed by atoms with E-state index in [1.54, 1.807) is 18.2 Å². The van der Waals surface area contributed by atoms with E-state index in [9.17, 15) is 9.59 Å². The van der Waals surface area contributed by atoms with Gasteiger partial charge in [0, 0.05) is 27.8 Å². The molecule has 1 fully saturated rings. The van der Waals surface area contributed by atoms with Crippen LogP contribution in [0, 0.1) is 12.7 Å². The van der Waals surface area contributed by atoms with Crippen LogP contribution in [-0.2, 0) is 9.59 Å². The first kappa shape index (κ1) is 25.3. The number of anilines is 2. The van der Waals surface area contributed by atoms with E-state index in [4.69, 9.17) is 12.2 Å². The van der Waals surface area contributed by atoms with Crippen molar-refractivity contribution in [3.63, 3.8) is 0 Å². The predicted octanol–water partition coefficient (Wildman–Crippen LogP) is 6.14. The van der Waals surface area contributed by atoms with E-state index in [0.717, 1.165) is 39.8 Å². The average Bonchev–Trinajstić information content (AvgIpc) is 2.75. The molecule has 2 aromatic carbocycles. The molecule has 0 bridgehead atoms. The highest BCUT2D eigenvalue weighted by Gasteiger charge is 2.36. The van der Waals surface area contributed by atoms with Gasteiger partial charge in [0.05, 0.1) is 11.2 Å². The second-order valence-corrected chi connectivity index (χ2v) is 10.7. The number of rotatable bonds is 4. The molecule has 2 aliphatic heterocycles. The van der Waals surface area contributed by atoms with Gasteiger partial charge in [0.25, 0.3) is 11.8 Å². The van der Waals surface area contributed by atoms with E-state index in [-0.39, 0.29) is 21.8 Å². The molecule has 0 aliphatic carbocycles. The number of hydrogen-bond acceptors (Lipinski definition) is 4. The average molecular weight is 557 g/mol. The molecular formula is C27H27BrFN3O2S. The van der Waals surface area contributed by atoms with Gasteiger partial charge in [-0.2, -0.15) is 0 Å². The van der Waals surface area contributed by atoms with Crippen LogP contribution in [0.4, 0.5) is 15.8 Å². The molecular weight excluding hydrogens is 529 g/mol. The van der Waals surface area contributed by atoms with E-state index in [1.165, 1.54) is 17.0 Å². The summed E-state index contributed by atoms with van der Waals surface area (Å²) in [7, 11) is 0. The van der Waals surface area contributed by atoms with E-state index in [1.807, 2.05) is 19.9 Å². The third kappa shape index (κ3) is 4.57. The van der Waals surface area contributed by atoms with Crippen LogP contribution in [0.3, 0.4) is 0 Å². The number of hydrogen-bond donors (Lipinski definition) is 1. The Balaban J connectivity index is 1.80. The summed E-state index contributed by atoms with van der Waals surface area (Å²) in [6, 6.07) is 8.61. The van der Waals surface area contributed by atoms with Crippen LogP contribution in [-0.4, -0.2) is 29.0 Å².